The van der Waals surface area contributed by atoms with Gasteiger partial charge in [-0.1, -0.05) is 13.8 Å². The maximum atomic E-state index is 12.1. The van der Waals surface area contributed by atoms with Crippen molar-refractivity contribution in [3.8, 4) is 5.75 Å². The van der Waals surface area contributed by atoms with Crippen LogP contribution in [0.2, 0.25) is 0 Å². The Hall–Kier alpha value is -2.31. The highest BCUT2D eigenvalue weighted by Crippen LogP contribution is 2.03. The molecule has 0 unspecified atom stereocenters. The predicted molar refractivity (Wildman–Crippen MR) is 81.0 cm³/mol. The van der Waals surface area contributed by atoms with Crippen LogP contribution < -0.4 is 10.3 Å². The summed E-state index contributed by atoms with van der Waals surface area (Å²) in [6, 6.07) is 2.94. The lowest BCUT2D eigenvalue weighted by Gasteiger charge is -2.21. The Morgan fingerprint density at radius 1 is 1.27 bits per heavy atom. The standard InChI is InChI=1S/C15H22N2O5/c1-3-7-16(8-4-2)13(18)11-22-12-6-5-9-17(15(12)21)10-14(19)20/h5-6,9H,3-4,7-8,10-11H2,1-2H3,(H,19,20). The van der Waals surface area contributed by atoms with E-state index in [1.54, 1.807) is 4.90 Å². The van der Waals surface area contributed by atoms with Gasteiger partial charge in [-0.05, 0) is 25.0 Å². The van der Waals surface area contributed by atoms with E-state index in [0.717, 1.165) is 17.4 Å². The van der Waals surface area contributed by atoms with Crippen molar-refractivity contribution in [1.82, 2.24) is 9.47 Å². The number of carbonyl (C=O) groups excluding carboxylic acids is 1. The fraction of sp³-hybridized carbons (Fsp3) is 0.533. The molecule has 0 bridgehead atoms. The second kappa shape index (κ2) is 8.86. The van der Waals surface area contributed by atoms with E-state index in [-0.39, 0.29) is 18.3 Å². The van der Waals surface area contributed by atoms with Crippen LogP contribution in [0.15, 0.2) is 23.1 Å². The van der Waals surface area contributed by atoms with Gasteiger partial charge < -0.3 is 19.3 Å². The maximum Gasteiger partial charge on any atom is 0.323 e. The zero-order valence-corrected chi connectivity index (χ0v) is 12.9. The Labute approximate surface area is 129 Å². The molecule has 0 fully saturated rings. The molecular weight excluding hydrogens is 288 g/mol. The van der Waals surface area contributed by atoms with Crippen LogP contribution in [0.5, 0.6) is 5.75 Å². The molecule has 0 saturated carbocycles. The summed E-state index contributed by atoms with van der Waals surface area (Å²) in [6.07, 6.45) is 3.07. The number of carbonyl (C=O) groups is 2. The van der Waals surface area contributed by atoms with Crippen LogP contribution in [0.4, 0.5) is 0 Å². The lowest BCUT2D eigenvalue weighted by molar-refractivity contribution is -0.138. The molecule has 0 aliphatic heterocycles. The largest absolute Gasteiger partial charge is 0.480 e. The van der Waals surface area contributed by atoms with E-state index >= 15 is 0 Å². The molecule has 0 spiro atoms. The van der Waals surface area contributed by atoms with Gasteiger partial charge in [0.05, 0.1) is 0 Å². The number of aromatic nitrogens is 1. The zero-order valence-electron chi connectivity index (χ0n) is 12.9. The number of carboxylic acid groups (broad SMARTS) is 1. The Morgan fingerprint density at radius 3 is 2.45 bits per heavy atom. The molecular formula is C15H22N2O5. The van der Waals surface area contributed by atoms with Crippen LogP contribution >= 0.6 is 0 Å². The molecule has 1 rings (SSSR count). The summed E-state index contributed by atoms with van der Waals surface area (Å²) in [5, 5.41) is 8.73. The van der Waals surface area contributed by atoms with E-state index in [9.17, 15) is 14.4 Å². The van der Waals surface area contributed by atoms with Crippen molar-refractivity contribution in [2.45, 2.75) is 33.2 Å². The van der Waals surface area contributed by atoms with Gasteiger partial charge in [0.25, 0.3) is 11.5 Å². The van der Waals surface area contributed by atoms with Crippen molar-refractivity contribution in [3.05, 3.63) is 28.7 Å². The summed E-state index contributed by atoms with van der Waals surface area (Å²) in [5.41, 5.74) is -0.560. The first-order valence-electron chi connectivity index (χ1n) is 7.31. The molecule has 0 aromatic carbocycles. The minimum Gasteiger partial charge on any atom is -0.480 e. The summed E-state index contributed by atoms with van der Waals surface area (Å²) >= 11 is 0. The van der Waals surface area contributed by atoms with Gasteiger partial charge in [-0.2, -0.15) is 0 Å². The molecule has 7 heteroatoms. The molecule has 0 radical (unpaired) electrons. The third-order valence-electron chi connectivity index (χ3n) is 2.98. The number of carboxylic acids is 1. The highest BCUT2D eigenvalue weighted by Gasteiger charge is 2.14. The molecule has 1 heterocycles. The molecule has 0 atom stereocenters. The van der Waals surface area contributed by atoms with E-state index in [1.165, 1.54) is 18.3 Å². The van der Waals surface area contributed by atoms with Gasteiger partial charge in [-0.25, -0.2) is 0 Å². The molecule has 0 aliphatic rings. The van der Waals surface area contributed by atoms with Crippen molar-refractivity contribution in [2.75, 3.05) is 19.7 Å². The third kappa shape index (κ3) is 5.23. The Bertz CT molecular complexity index is 561. The number of hydrogen-bond acceptors (Lipinski definition) is 4. The fourth-order valence-electron chi connectivity index (χ4n) is 2.03. The normalized spacial score (nSPS) is 10.3. The number of aliphatic carboxylic acids is 1. The molecule has 0 saturated heterocycles. The Kier molecular flexibility index (Phi) is 7.15. The van der Waals surface area contributed by atoms with Gasteiger partial charge >= 0.3 is 5.97 Å². The highest BCUT2D eigenvalue weighted by molar-refractivity contribution is 5.77. The number of amides is 1. The molecule has 1 aromatic rings. The van der Waals surface area contributed by atoms with Crippen LogP contribution in [0.25, 0.3) is 0 Å². The number of rotatable bonds is 9. The van der Waals surface area contributed by atoms with Crippen molar-refractivity contribution in [1.29, 1.82) is 0 Å². The minimum absolute atomic E-state index is 0.0231. The average molecular weight is 310 g/mol. The van der Waals surface area contributed by atoms with E-state index in [1.807, 2.05) is 13.8 Å². The molecule has 1 N–H and O–H groups in total. The first-order chi connectivity index (χ1) is 10.5. The lowest BCUT2D eigenvalue weighted by Crippen LogP contribution is -2.37. The number of pyridine rings is 1. The average Bonchev–Trinajstić information content (AvgIpc) is 2.47. The molecule has 7 nitrogen and oxygen atoms in total. The third-order valence-corrected chi connectivity index (χ3v) is 2.98. The summed E-state index contributed by atoms with van der Waals surface area (Å²) < 4.78 is 6.30. The van der Waals surface area contributed by atoms with Crippen LogP contribution in [0.3, 0.4) is 0 Å². The van der Waals surface area contributed by atoms with Crippen LogP contribution in [-0.2, 0) is 16.1 Å². The minimum atomic E-state index is -1.12. The van der Waals surface area contributed by atoms with Crippen LogP contribution in [-0.4, -0.2) is 46.1 Å². The van der Waals surface area contributed by atoms with Crippen molar-refractivity contribution < 1.29 is 19.4 Å². The summed E-state index contributed by atoms with van der Waals surface area (Å²) in [4.78, 5) is 36.4. The van der Waals surface area contributed by atoms with Crippen LogP contribution in [0, 0.1) is 0 Å². The Morgan fingerprint density at radius 2 is 1.91 bits per heavy atom. The highest BCUT2D eigenvalue weighted by atomic mass is 16.5. The molecule has 0 aliphatic carbocycles. The monoisotopic (exact) mass is 310 g/mol. The van der Waals surface area contributed by atoms with Gasteiger partial charge in [-0.15, -0.1) is 0 Å². The number of ether oxygens (including phenoxy) is 1. The van der Waals surface area contributed by atoms with E-state index in [2.05, 4.69) is 0 Å². The Balaban J connectivity index is 2.73. The first kappa shape index (κ1) is 17.7. The second-order valence-corrected chi connectivity index (χ2v) is 4.87. The molecule has 1 amide bonds. The van der Waals surface area contributed by atoms with E-state index < -0.39 is 18.1 Å². The van der Waals surface area contributed by atoms with Crippen molar-refractivity contribution in [3.63, 3.8) is 0 Å². The number of nitrogens with zero attached hydrogens (tertiary/aromatic N) is 2. The van der Waals surface area contributed by atoms with Crippen molar-refractivity contribution >= 4 is 11.9 Å². The van der Waals surface area contributed by atoms with Crippen LogP contribution in [0.1, 0.15) is 26.7 Å². The topological polar surface area (TPSA) is 88.8 Å². The van der Waals surface area contributed by atoms with Gasteiger partial charge in [0.2, 0.25) is 0 Å². The maximum absolute atomic E-state index is 12.1. The fourth-order valence-corrected chi connectivity index (χ4v) is 2.03. The quantitative estimate of drug-likeness (QED) is 0.734. The van der Waals surface area contributed by atoms with Gasteiger partial charge in [-0.3, -0.25) is 14.4 Å². The van der Waals surface area contributed by atoms with Gasteiger partial charge in [0.1, 0.15) is 6.54 Å². The summed E-state index contributed by atoms with van der Waals surface area (Å²) in [7, 11) is 0. The van der Waals surface area contributed by atoms with Gasteiger partial charge in [0, 0.05) is 19.3 Å². The lowest BCUT2D eigenvalue weighted by atomic mass is 10.3. The smallest absolute Gasteiger partial charge is 0.323 e. The van der Waals surface area contributed by atoms with E-state index in [0.29, 0.717) is 13.1 Å². The van der Waals surface area contributed by atoms with Gasteiger partial charge in [0.15, 0.2) is 12.4 Å². The molecule has 1 aromatic heterocycles. The molecule has 122 valence electrons. The molecule has 22 heavy (non-hydrogen) atoms. The van der Waals surface area contributed by atoms with E-state index in [4.69, 9.17) is 9.84 Å². The SMILES string of the molecule is CCCN(CCC)C(=O)COc1cccn(CC(=O)O)c1=O. The predicted octanol–water partition coefficient (Wildman–Crippen LogP) is 0.960. The van der Waals surface area contributed by atoms with Crippen molar-refractivity contribution in [2.24, 2.45) is 0 Å². The second-order valence-electron chi connectivity index (χ2n) is 4.87. The summed E-state index contributed by atoms with van der Waals surface area (Å²) in [6.45, 7) is 4.59. The number of hydrogen-bond donors (Lipinski definition) is 1. The summed E-state index contributed by atoms with van der Waals surface area (Å²) in [5.74, 6) is -1.32. The first-order valence-corrected chi connectivity index (χ1v) is 7.31. The zero-order chi connectivity index (χ0) is 16.5.